The molecular weight excluding hydrogens is 444 g/mol. The first-order valence-corrected chi connectivity index (χ1v) is 14.6. The Balaban J connectivity index is 1.27. The highest BCUT2D eigenvalue weighted by atomic mass is 16.3. The van der Waals surface area contributed by atoms with Crippen LogP contribution in [0.3, 0.4) is 0 Å². The number of ketones is 1. The van der Waals surface area contributed by atoms with E-state index in [0.29, 0.717) is 29.1 Å². The zero-order valence-corrected chi connectivity index (χ0v) is 21.1. The summed E-state index contributed by atoms with van der Waals surface area (Å²) in [4.78, 5) is 15.2. The number of benzene rings is 2. The van der Waals surface area contributed by atoms with Gasteiger partial charge < -0.3 is 10.2 Å². The summed E-state index contributed by atoms with van der Waals surface area (Å²) < 4.78 is 0. The third kappa shape index (κ3) is 2.89. The van der Waals surface area contributed by atoms with Crippen molar-refractivity contribution in [1.82, 2.24) is 0 Å². The van der Waals surface area contributed by atoms with Crippen molar-refractivity contribution in [2.24, 2.45) is 47.3 Å². The molecule has 8 fully saturated rings. The van der Waals surface area contributed by atoms with Gasteiger partial charge in [0.1, 0.15) is 17.3 Å². The second kappa shape index (κ2) is 7.39. The van der Waals surface area contributed by atoms with Gasteiger partial charge in [-0.2, -0.15) is 0 Å². The lowest BCUT2D eigenvalue weighted by Crippen LogP contribution is -2.64. The molecule has 6 unspecified atom stereocenters. The second-order valence-electron chi connectivity index (χ2n) is 14.0. The van der Waals surface area contributed by atoms with Crippen LogP contribution < -0.4 is 0 Å². The lowest BCUT2D eigenvalue weighted by atomic mass is 9.38. The molecule has 0 amide bonds. The zero-order valence-electron chi connectivity index (χ0n) is 21.1. The van der Waals surface area contributed by atoms with Gasteiger partial charge in [-0.15, -0.1) is 0 Å². The van der Waals surface area contributed by atoms with E-state index in [1.165, 1.54) is 49.7 Å². The van der Waals surface area contributed by atoms with Gasteiger partial charge in [0.2, 0.25) is 0 Å². The first-order valence-electron chi connectivity index (χ1n) is 14.6. The van der Waals surface area contributed by atoms with Crippen LogP contribution in [-0.2, 0) is 15.6 Å². The molecule has 3 heteroatoms. The molecule has 8 saturated carbocycles. The van der Waals surface area contributed by atoms with E-state index in [-0.39, 0.29) is 22.7 Å². The molecule has 8 bridgehead atoms. The van der Waals surface area contributed by atoms with Crippen molar-refractivity contribution in [3.8, 4) is 11.5 Å². The van der Waals surface area contributed by atoms with Crippen molar-refractivity contribution in [3.63, 3.8) is 0 Å². The lowest BCUT2D eigenvalue weighted by Gasteiger charge is -2.65. The Hall–Kier alpha value is -2.29. The molecule has 10 rings (SSSR count). The largest absolute Gasteiger partial charge is 0.508 e. The average Bonchev–Trinajstić information content (AvgIpc) is 2.83. The van der Waals surface area contributed by atoms with Crippen molar-refractivity contribution in [2.45, 2.75) is 75.0 Å². The number of hydrogen-bond donors (Lipinski definition) is 2. The summed E-state index contributed by atoms with van der Waals surface area (Å²) in [7, 11) is 0. The molecule has 2 N–H and O–H groups in total. The number of phenolic OH excluding ortho intramolecular Hbond substituents is 2. The molecule has 2 aromatic carbocycles. The standard InChI is InChI=1S/C33H38O3/c34-27-5-1-3-25(13-27)32-15-19-7-20(16-32)10-23(9-19)29(32)31(36)30-24-11-21-8-22(12-24)18-33(30,17-21)26-4-2-6-28(35)14-26/h1-6,13-14,19-24,29-30,34-35H,7-12,15-18H2. The van der Waals surface area contributed by atoms with E-state index in [9.17, 15) is 10.2 Å². The molecule has 0 aromatic heterocycles. The van der Waals surface area contributed by atoms with Crippen molar-refractivity contribution in [1.29, 1.82) is 0 Å². The Morgan fingerprint density at radius 3 is 1.36 bits per heavy atom. The van der Waals surface area contributed by atoms with Crippen LogP contribution in [0.4, 0.5) is 0 Å². The van der Waals surface area contributed by atoms with E-state index in [1.807, 2.05) is 24.3 Å². The Morgan fingerprint density at radius 1 is 0.611 bits per heavy atom. The van der Waals surface area contributed by atoms with Crippen molar-refractivity contribution < 1.29 is 15.0 Å². The maximum atomic E-state index is 15.2. The molecule has 0 aliphatic heterocycles. The highest BCUT2D eigenvalue weighted by molar-refractivity contribution is 5.88. The average molecular weight is 483 g/mol. The number of rotatable bonds is 4. The predicted molar refractivity (Wildman–Crippen MR) is 139 cm³/mol. The molecule has 8 aliphatic rings. The maximum Gasteiger partial charge on any atom is 0.141 e. The van der Waals surface area contributed by atoms with E-state index >= 15 is 4.79 Å². The van der Waals surface area contributed by atoms with E-state index in [2.05, 4.69) is 12.1 Å². The third-order valence-electron chi connectivity index (χ3n) is 12.1. The second-order valence-corrected chi connectivity index (χ2v) is 14.0. The Labute approximate surface area is 214 Å². The SMILES string of the molecule is O=C(C1C2CC3CC(C2)CC1(c1cccc(O)c1)C3)C1C2CC3CC(C2)CC1(c1cccc(O)c1)C3. The van der Waals surface area contributed by atoms with Gasteiger partial charge in [-0.3, -0.25) is 4.79 Å². The minimum absolute atomic E-state index is 0.0730. The molecular formula is C33H38O3. The fraction of sp³-hybridized carbons (Fsp3) is 0.606. The van der Waals surface area contributed by atoms with Crippen LogP contribution in [0.25, 0.3) is 0 Å². The number of phenols is 2. The third-order valence-corrected chi connectivity index (χ3v) is 12.1. The highest BCUT2D eigenvalue weighted by Crippen LogP contribution is 2.68. The zero-order chi connectivity index (χ0) is 24.2. The molecule has 0 heterocycles. The van der Waals surface area contributed by atoms with E-state index in [1.54, 1.807) is 12.1 Å². The summed E-state index contributed by atoms with van der Waals surface area (Å²) >= 11 is 0. The summed E-state index contributed by atoms with van der Waals surface area (Å²) in [6.45, 7) is 0. The molecule has 0 radical (unpaired) electrons. The summed E-state index contributed by atoms with van der Waals surface area (Å²) in [5.41, 5.74) is 2.21. The summed E-state index contributed by atoms with van der Waals surface area (Å²) in [5, 5.41) is 20.9. The van der Waals surface area contributed by atoms with Gasteiger partial charge in [0.25, 0.3) is 0 Å². The topological polar surface area (TPSA) is 57.5 Å². The van der Waals surface area contributed by atoms with Crippen LogP contribution in [0.2, 0.25) is 0 Å². The Kier molecular flexibility index (Phi) is 4.47. The van der Waals surface area contributed by atoms with E-state index in [4.69, 9.17) is 0 Å². The predicted octanol–water partition coefficient (Wildman–Crippen LogP) is 6.75. The van der Waals surface area contributed by atoms with Gasteiger partial charge in [-0.1, -0.05) is 24.3 Å². The number of carbonyl (C=O) groups is 1. The van der Waals surface area contributed by atoms with Gasteiger partial charge in [0.05, 0.1) is 0 Å². The smallest absolute Gasteiger partial charge is 0.141 e. The summed E-state index contributed by atoms with van der Waals surface area (Å²) in [6, 6.07) is 15.9. The molecule has 0 spiro atoms. The van der Waals surface area contributed by atoms with Gasteiger partial charge in [-0.05, 0) is 135 Å². The van der Waals surface area contributed by atoms with Crippen molar-refractivity contribution in [3.05, 3.63) is 59.7 Å². The van der Waals surface area contributed by atoms with Crippen LogP contribution in [-0.4, -0.2) is 16.0 Å². The number of aromatic hydroxyl groups is 2. The van der Waals surface area contributed by atoms with Gasteiger partial charge in [-0.25, -0.2) is 0 Å². The summed E-state index contributed by atoms with van der Waals surface area (Å²) in [5.74, 6) is 5.26. The fourth-order valence-corrected chi connectivity index (χ4v) is 11.7. The first kappa shape index (κ1) is 21.8. The van der Waals surface area contributed by atoms with Crippen LogP contribution in [0.5, 0.6) is 11.5 Å². The Morgan fingerprint density at radius 2 is 1.00 bits per heavy atom. The number of carbonyl (C=O) groups excluding carboxylic acids is 1. The first-order chi connectivity index (χ1) is 17.4. The van der Waals surface area contributed by atoms with Crippen LogP contribution in [0.1, 0.15) is 75.3 Å². The Bertz CT molecular complexity index is 1110. The summed E-state index contributed by atoms with van der Waals surface area (Å²) in [6.07, 6.45) is 12.0. The van der Waals surface area contributed by atoms with Crippen LogP contribution in [0.15, 0.2) is 48.5 Å². The molecule has 0 saturated heterocycles. The van der Waals surface area contributed by atoms with Crippen LogP contribution >= 0.6 is 0 Å². The van der Waals surface area contributed by atoms with Crippen molar-refractivity contribution >= 4 is 5.78 Å². The van der Waals surface area contributed by atoms with Gasteiger partial charge in [0.15, 0.2) is 0 Å². The minimum Gasteiger partial charge on any atom is -0.508 e. The van der Waals surface area contributed by atoms with Gasteiger partial charge >= 0.3 is 0 Å². The fourth-order valence-electron chi connectivity index (χ4n) is 11.7. The molecule has 3 nitrogen and oxygen atoms in total. The number of Topliss-reactive ketones (excluding diaryl/α,β-unsaturated/α-hetero) is 1. The monoisotopic (exact) mass is 482 g/mol. The molecule has 8 aliphatic carbocycles. The normalized spacial score (nSPS) is 45.8. The molecule has 188 valence electrons. The molecule has 2 aromatic rings. The van der Waals surface area contributed by atoms with E-state index < -0.39 is 0 Å². The lowest BCUT2D eigenvalue weighted by molar-refractivity contribution is -0.159. The van der Waals surface area contributed by atoms with E-state index in [0.717, 1.165) is 49.4 Å². The van der Waals surface area contributed by atoms with Crippen molar-refractivity contribution in [2.75, 3.05) is 0 Å². The van der Waals surface area contributed by atoms with Crippen LogP contribution in [0, 0.1) is 47.3 Å². The highest BCUT2D eigenvalue weighted by Gasteiger charge is 2.65. The molecule has 36 heavy (non-hydrogen) atoms. The minimum atomic E-state index is -0.112. The maximum absolute atomic E-state index is 15.2. The van der Waals surface area contributed by atoms with Gasteiger partial charge in [0, 0.05) is 22.7 Å². The number of hydrogen-bond acceptors (Lipinski definition) is 3. The molecule has 6 atom stereocenters. The quantitative estimate of drug-likeness (QED) is 0.506.